The van der Waals surface area contributed by atoms with E-state index < -0.39 is 11.8 Å². The summed E-state index contributed by atoms with van der Waals surface area (Å²) in [5.74, 6) is -0.118. The summed E-state index contributed by atoms with van der Waals surface area (Å²) in [5, 5.41) is 2.62. The molecule has 0 aliphatic heterocycles. The summed E-state index contributed by atoms with van der Waals surface area (Å²) in [6.07, 6.45) is 5.84. The van der Waals surface area contributed by atoms with Crippen molar-refractivity contribution in [2.24, 2.45) is 5.92 Å². The molecular weight excluding hydrogens is 362 g/mol. The molecule has 0 radical (unpaired) electrons. The van der Waals surface area contributed by atoms with Crippen LogP contribution in [0, 0.1) is 5.92 Å². The Morgan fingerprint density at radius 2 is 1.82 bits per heavy atom. The predicted octanol–water partition coefficient (Wildman–Crippen LogP) is 1.94. The second-order valence-corrected chi connectivity index (χ2v) is 6.77. The van der Waals surface area contributed by atoms with Gasteiger partial charge in [0.1, 0.15) is 0 Å². The molecule has 1 aromatic rings. The third-order valence-electron chi connectivity index (χ3n) is 4.60. The number of carbonyl (C=O) groups is 3. The van der Waals surface area contributed by atoms with Crippen molar-refractivity contribution in [3.8, 4) is 11.5 Å². The van der Waals surface area contributed by atoms with Gasteiger partial charge in [-0.1, -0.05) is 26.2 Å². The Balaban J connectivity index is 1.79. The number of benzene rings is 1. The first-order chi connectivity index (χ1) is 13.5. The average molecular weight is 391 g/mol. The third-order valence-corrected chi connectivity index (χ3v) is 4.60. The van der Waals surface area contributed by atoms with E-state index in [1.54, 1.807) is 12.1 Å². The lowest BCUT2D eigenvalue weighted by Crippen LogP contribution is -2.47. The van der Waals surface area contributed by atoms with E-state index in [2.05, 4.69) is 16.2 Å². The van der Waals surface area contributed by atoms with Crippen molar-refractivity contribution < 1.29 is 23.9 Å². The Bertz CT molecular complexity index is 686. The lowest BCUT2D eigenvalue weighted by Gasteiger charge is -2.20. The molecule has 0 atom stereocenters. The minimum atomic E-state index is -0.493. The molecule has 1 aliphatic carbocycles. The van der Waals surface area contributed by atoms with Crippen molar-refractivity contribution in [1.82, 2.24) is 16.2 Å². The number of carbonyl (C=O) groups excluding carboxylic acids is 3. The highest BCUT2D eigenvalue weighted by Crippen LogP contribution is 2.28. The second kappa shape index (κ2) is 11.2. The highest BCUT2D eigenvalue weighted by molar-refractivity contribution is 5.96. The maximum Gasteiger partial charge on any atom is 0.269 e. The van der Waals surface area contributed by atoms with Crippen LogP contribution >= 0.6 is 0 Å². The standard InChI is InChI=1S/C20H29N3O5/c1-3-11-28-16-10-9-15(12-17(16)27-2)20(26)23-22-18(24)13-21-19(25)14-7-5-4-6-8-14/h9-10,12,14H,3-8,11,13H2,1-2H3,(H,21,25)(H,22,24)(H,23,26). The number of hydrazine groups is 1. The van der Waals surface area contributed by atoms with E-state index in [0.29, 0.717) is 23.7 Å². The summed E-state index contributed by atoms with van der Waals surface area (Å²) in [6, 6.07) is 4.77. The smallest absolute Gasteiger partial charge is 0.269 e. The SMILES string of the molecule is CCCOc1ccc(C(=O)NNC(=O)CNC(=O)C2CCCCC2)cc1OC. The molecule has 28 heavy (non-hydrogen) atoms. The maximum atomic E-state index is 12.2. The lowest BCUT2D eigenvalue weighted by atomic mass is 9.89. The van der Waals surface area contributed by atoms with E-state index in [1.807, 2.05) is 6.92 Å². The predicted molar refractivity (Wildman–Crippen MR) is 104 cm³/mol. The molecular formula is C20H29N3O5. The molecule has 0 unspecified atom stereocenters. The van der Waals surface area contributed by atoms with Crippen molar-refractivity contribution in [3.63, 3.8) is 0 Å². The molecule has 0 saturated heterocycles. The largest absolute Gasteiger partial charge is 0.493 e. The van der Waals surface area contributed by atoms with Crippen LogP contribution in [0.3, 0.4) is 0 Å². The van der Waals surface area contributed by atoms with Crippen LogP contribution in [0.15, 0.2) is 18.2 Å². The molecule has 0 aromatic heterocycles. The first-order valence-electron chi connectivity index (χ1n) is 9.72. The zero-order valence-electron chi connectivity index (χ0n) is 16.5. The first kappa shape index (κ1) is 21.5. The molecule has 1 saturated carbocycles. The quantitative estimate of drug-likeness (QED) is 0.587. The van der Waals surface area contributed by atoms with Crippen molar-refractivity contribution in [2.45, 2.75) is 45.4 Å². The summed E-state index contributed by atoms with van der Waals surface area (Å²) < 4.78 is 10.8. The summed E-state index contributed by atoms with van der Waals surface area (Å²) in [4.78, 5) is 36.1. The molecule has 0 spiro atoms. The van der Waals surface area contributed by atoms with Crippen LogP contribution in [0.4, 0.5) is 0 Å². The van der Waals surface area contributed by atoms with E-state index >= 15 is 0 Å². The normalized spacial score (nSPS) is 14.1. The van der Waals surface area contributed by atoms with Crippen LogP contribution in [0.5, 0.6) is 11.5 Å². The van der Waals surface area contributed by atoms with Gasteiger partial charge in [0.15, 0.2) is 11.5 Å². The topological polar surface area (TPSA) is 106 Å². The number of rotatable bonds is 8. The van der Waals surface area contributed by atoms with Crippen LogP contribution in [0.1, 0.15) is 55.8 Å². The third kappa shape index (κ3) is 6.44. The minimum Gasteiger partial charge on any atom is -0.493 e. The Morgan fingerprint density at radius 1 is 1.07 bits per heavy atom. The van der Waals surface area contributed by atoms with Gasteiger partial charge in [-0.15, -0.1) is 0 Å². The molecule has 2 rings (SSSR count). The zero-order chi connectivity index (χ0) is 20.4. The minimum absolute atomic E-state index is 0.0166. The van der Waals surface area contributed by atoms with Gasteiger partial charge in [0, 0.05) is 11.5 Å². The van der Waals surface area contributed by atoms with Crippen molar-refractivity contribution >= 4 is 17.7 Å². The summed E-state index contributed by atoms with van der Waals surface area (Å²) in [7, 11) is 1.49. The molecule has 1 aliphatic rings. The van der Waals surface area contributed by atoms with Crippen LogP contribution < -0.4 is 25.6 Å². The molecule has 1 aromatic carbocycles. The van der Waals surface area contributed by atoms with Crippen LogP contribution in [0.25, 0.3) is 0 Å². The van der Waals surface area contributed by atoms with E-state index in [1.165, 1.54) is 13.2 Å². The molecule has 3 amide bonds. The fraction of sp³-hybridized carbons (Fsp3) is 0.550. The molecule has 8 nitrogen and oxygen atoms in total. The highest BCUT2D eigenvalue weighted by atomic mass is 16.5. The Hall–Kier alpha value is -2.77. The van der Waals surface area contributed by atoms with E-state index in [0.717, 1.165) is 38.5 Å². The Labute approximate surface area is 165 Å². The van der Waals surface area contributed by atoms with Gasteiger partial charge >= 0.3 is 0 Å². The number of methoxy groups -OCH3 is 1. The van der Waals surface area contributed by atoms with Gasteiger partial charge < -0.3 is 14.8 Å². The molecule has 8 heteroatoms. The van der Waals surface area contributed by atoms with Gasteiger partial charge in [-0.3, -0.25) is 25.2 Å². The van der Waals surface area contributed by atoms with Gasteiger partial charge in [0.05, 0.1) is 20.3 Å². The molecule has 0 heterocycles. The van der Waals surface area contributed by atoms with Gasteiger partial charge in [-0.05, 0) is 37.5 Å². The van der Waals surface area contributed by atoms with E-state index in [-0.39, 0.29) is 18.4 Å². The van der Waals surface area contributed by atoms with Gasteiger partial charge in [-0.25, -0.2) is 0 Å². The van der Waals surface area contributed by atoms with Crippen molar-refractivity contribution in [1.29, 1.82) is 0 Å². The maximum absolute atomic E-state index is 12.2. The van der Waals surface area contributed by atoms with Crippen LogP contribution in [-0.2, 0) is 9.59 Å². The number of amides is 3. The average Bonchev–Trinajstić information content (AvgIpc) is 2.74. The molecule has 154 valence electrons. The molecule has 3 N–H and O–H groups in total. The van der Waals surface area contributed by atoms with Gasteiger partial charge in [-0.2, -0.15) is 0 Å². The van der Waals surface area contributed by atoms with Crippen LogP contribution in [-0.4, -0.2) is 38.0 Å². The van der Waals surface area contributed by atoms with E-state index in [9.17, 15) is 14.4 Å². The van der Waals surface area contributed by atoms with Crippen LogP contribution in [0.2, 0.25) is 0 Å². The summed E-state index contributed by atoms with van der Waals surface area (Å²) >= 11 is 0. The first-order valence-corrected chi connectivity index (χ1v) is 9.72. The molecule has 1 fully saturated rings. The number of ether oxygens (including phenoxy) is 2. The number of hydrogen-bond acceptors (Lipinski definition) is 5. The fourth-order valence-electron chi connectivity index (χ4n) is 3.06. The molecule has 0 bridgehead atoms. The lowest BCUT2D eigenvalue weighted by molar-refractivity contribution is -0.129. The number of nitrogens with one attached hydrogen (secondary N) is 3. The fourth-order valence-corrected chi connectivity index (χ4v) is 3.06. The Morgan fingerprint density at radius 3 is 2.50 bits per heavy atom. The number of hydrogen-bond donors (Lipinski definition) is 3. The van der Waals surface area contributed by atoms with E-state index in [4.69, 9.17) is 9.47 Å². The summed E-state index contributed by atoms with van der Waals surface area (Å²) in [5.41, 5.74) is 4.94. The summed E-state index contributed by atoms with van der Waals surface area (Å²) in [6.45, 7) is 2.36. The zero-order valence-corrected chi connectivity index (χ0v) is 16.5. The monoisotopic (exact) mass is 391 g/mol. The van der Waals surface area contributed by atoms with Gasteiger partial charge in [0.25, 0.3) is 11.8 Å². The highest BCUT2D eigenvalue weighted by Gasteiger charge is 2.21. The van der Waals surface area contributed by atoms with Crippen molar-refractivity contribution in [2.75, 3.05) is 20.3 Å². The van der Waals surface area contributed by atoms with Crippen molar-refractivity contribution in [3.05, 3.63) is 23.8 Å². The second-order valence-electron chi connectivity index (χ2n) is 6.77. The van der Waals surface area contributed by atoms with Gasteiger partial charge in [0.2, 0.25) is 5.91 Å². The Kier molecular flexibility index (Phi) is 8.58.